The minimum absolute atomic E-state index is 0.0358. The van der Waals surface area contributed by atoms with Crippen LogP contribution in [0.4, 0.5) is 5.00 Å². The van der Waals surface area contributed by atoms with Crippen molar-refractivity contribution in [3.8, 4) is 0 Å². The molecule has 3 aromatic rings. The molecule has 0 saturated carbocycles. The van der Waals surface area contributed by atoms with Crippen LogP contribution in [0.15, 0.2) is 59.2 Å². The average Bonchev–Trinajstić information content (AvgIpc) is 3.32. The number of carbonyl (C=O) groups is 2. The highest BCUT2D eigenvalue weighted by Crippen LogP contribution is 2.28. The van der Waals surface area contributed by atoms with E-state index in [0.29, 0.717) is 9.88 Å². The molecule has 0 saturated heterocycles. The van der Waals surface area contributed by atoms with E-state index in [1.807, 2.05) is 37.3 Å². The third-order valence-corrected chi connectivity index (χ3v) is 5.34. The summed E-state index contributed by atoms with van der Waals surface area (Å²) in [6, 6.07) is 15.0. The summed E-state index contributed by atoms with van der Waals surface area (Å²) in [5.41, 5.74) is 1.92. The van der Waals surface area contributed by atoms with Gasteiger partial charge in [-0.15, -0.1) is 11.3 Å². The summed E-state index contributed by atoms with van der Waals surface area (Å²) in [5, 5.41) is 6.52. The van der Waals surface area contributed by atoms with E-state index in [9.17, 15) is 9.59 Å². The van der Waals surface area contributed by atoms with E-state index in [2.05, 4.69) is 17.6 Å². The van der Waals surface area contributed by atoms with E-state index in [1.54, 1.807) is 18.2 Å². The van der Waals surface area contributed by atoms with Crippen LogP contribution in [0.3, 0.4) is 0 Å². The maximum Gasteiger partial charge on any atom is 0.291 e. The number of anilines is 1. The molecule has 0 radical (unpaired) electrons. The predicted octanol–water partition coefficient (Wildman–Crippen LogP) is 5.17. The minimum atomic E-state index is -0.332. The van der Waals surface area contributed by atoms with Gasteiger partial charge in [-0.3, -0.25) is 9.59 Å². The molecular weight excluding hydrogens is 360 g/mol. The van der Waals surface area contributed by atoms with Crippen molar-refractivity contribution in [1.82, 2.24) is 5.32 Å². The van der Waals surface area contributed by atoms with Crippen molar-refractivity contribution in [1.29, 1.82) is 0 Å². The number of furan rings is 1. The fraction of sp³-hybridized carbons (Fsp3) is 0.238. The van der Waals surface area contributed by atoms with Crippen molar-refractivity contribution in [2.75, 3.05) is 5.32 Å². The van der Waals surface area contributed by atoms with Crippen LogP contribution in [0.25, 0.3) is 0 Å². The number of carbonyl (C=O) groups excluding carboxylic acids is 2. The van der Waals surface area contributed by atoms with Crippen molar-refractivity contribution in [2.45, 2.75) is 32.7 Å². The molecule has 2 amide bonds. The Labute approximate surface area is 162 Å². The number of nitrogens with one attached hydrogen (secondary N) is 2. The van der Waals surface area contributed by atoms with Crippen LogP contribution in [0, 0.1) is 6.92 Å². The van der Waals surface area contributed by atoms with Crippen LogP contribution in [0.1, 0.15) is 57.2 Å². The molecule has 3 rings (SSSR count). The standard InChI is InChI=1S/C21H22N2O3S/c1-3-8-16(15-9-5-4-6-10-15)22-21(25)19-14(2)13-18(27-19)23-20(24)17-11-7-12-26-17/h4-7,9-13,16H,3,8H2,1-2H3,(H,22,25)(H,23,24)/t16-/m1/s1. The summed E-state index contributed by atoms with van der Waals surface area (Å²) in [5.74, 6) is -0.223. The molecule has 1 aromatic carbocycles. The second-order valence-corrected chi connectivity index (χ2v) is 7.33. The number of amides is 2. The Hall–Kier alpha value is -2.86. The molecule has 2 aromatic heterocycles. The van der Waals surface area contributed by atoms with Gasteiger partial charge in [0.1, 0.15) is 0 Å². The Morgan fingerprint density at radius 2 is 1.89 bits per heavy atom. The topological polar surface area (TPSA) is 71.3 Å². The van der Waals surface area contributed by atoms with Gasteiger partial charge >= 0.3 is 0 Å². The van der Waals surface area contributed by atoms with E-state index < -0.39 is 0 Å². The molecule has 1 atom stereocenters. The smallest absolute Gasteiger partial charge is 0.291 e. The van der Waals surface area contributed by atoms with Crippen LogP contribution in [-0.2, 0) is 0 Å². The summed E-state index contributed by atoms with van der Waals surface area (Å²) >= 11 is 1.26. The number of rotatable bonds is 7. The minimum Gasteiger partial charge on any atom is -0.459 e. The van der Waals surface area contributed by atoms with Gasteiger partial charge in [-0.1, -0.05) is 43.7 Å². The Morgan fingerprint density at radius 1 is 1.11 bits per heavy atom. The first kappa shape index (κ1) is 18.9. The van der Waals surface area contributed by atoms with Crippen molar-refractivity contribution in [3.05, 3.63) is 76.6 Å². The Bertz CT molecular complexity index is 901. The SMILES string of the molecule is CCC[C@@H](NC(=O)c1sc(NC(=O)c2ccco2)cc1C)c1ccccc1. The average molecular weight is 382 g/mol. The van der Waals surface area contributed by atoms with Gasteiger partial charge in [0.05, 0.1) is 22.2 Å². The maximum atomic E-state index is 12.8. The molecule has 2 heterocycles. The van der Waals surface area contributed by atoms with Gasteiger partial charge < -0.3 is 15.1 Å². The molecule has 5 nitrogen and oxygen atoms in total. The third-order valence-electron chi connectivity index (χ3n) is 4.19. The Morgan fingerprint density at radius 3 is 2.56 bits per heavy atom. The first-order chi connectivity index (χ1) is 13.1. The third kappa shape index (κ3) is 4.65. The van der Waals surface area contributed by atoms with E-state index in [0.717, 1.165) is 24.0 Å². The molecular formula is C21H22N2O3S. The lowest BCUT2D eigenvalue weighted by Gasteiger charge is -2.18. The van der Waals surface area contributed by atoms with Gasteiger partial charge in [-0.05, 0) is 42.7 Å². The van der Waals surface area contributed by atoms with Crippen molar-refractivity contribution >= 4 is 28.2 Å². The summed E-state index contributed by atoms with van der Waals surface area (Å²) in [6.45, 7) is 3.96. The summed E-state index contributed by atoms with van der Waals surface area (Å²) in [7, 11) is 0. The summed E-state index contributed by atoms with van der Waals surface area (Å²) in [4.78, 5) is 25.5. The number of aryl methyl sites for hydroxylation is 1. The molecule has 6 heteroatoms. The van der Waals surface area contributed by atoms with Gasteiger partial charge in [0.25, 0.3) is 11.8 Å². The van der Waals surface area contributed by atoms with E-state index in [1.165, 1.54) is 17.6 Å². The quantitative estimate of drug-likeness (QED) is 0.592. The van der Waals surface area contributed by atoms with Crippen LogP contribution >= 0.6 is 11.3 Å². The summed E-state index contributed by atoms with van der Waals surface area (Å²) < 4.78 is 5.09. The van der Waals surface area contributed by atoms with Crippen molar-refractivity contribution in [2.24, 2.45) is 0 Å². The fourth-order valence-corrected chi connectivity index (χ4v) is 3.84. The highest BCUT2D eigenvalue weighted by molar-refractivity contribution is 7.18. The van der Waals surface area contributed by atoms with Crippen LogP contribution < -0.4 is 10.6 Å². The van der Waals surface area contributed by atoms with E-state index in [4.69, 9.17) is 4.42 Å². The lowest BCUT2D eigenvalue weighted by Crippen LogP contribution is -2.28. The number of thiophene rings is 1. The van der Waals surface area contributed by atoms with E-state index >= 15 is 0 Å². The second kappa shape index (κ2) is 8.68. The van der Waals surface area contributed by atoms with Gasteiger partial charge in [0.2, 0.25) is 0 Å². The highest BCUT2D eigenvalue weighted by Gasteiger charge is 2.20. The second-order valence-electron chi connectivity index (χ2n) is 6.28. The maximum absolute atomic E-state index is 12.8. The van der Waals surface area contributed by atoms with Gasteiger partial charge in [-0.25, -0.2) is 0 Å². The Balaban J connectivity index is 1.72. The molecule has 140 valence electrons. The van der Waals surface area contributed by atoms with Gasteiger partial charge in [0.15, 0.2) is 5.76 Å². The van der Waals surface area contributed by atoms with Crippen molar-refractivity contribution < 1.29 is 14.0 Å². The monoisotopic (exact) mass is 382 g/mol. The Kier molecular flexibility index (Phi) is 6.08. The summed E-state index contributed by atoms with van der Waals surface area (Å²) in [6.07, 6.45) is 3.28. The molecule has 2 N–H and O–H groups in total. The van der Waals surface area contributed by atoms with Crippen LogP contribution in [-0.4, -0.2) is 11.8 Å². The molecule has 0 spiro atoms. The predicted molar refractivity (Wildman–Crippen MR) is 107 cm³/mol. The zero-order valence-corrected chi connectivity index (χ0v) is 16.1. The lowest BCUT2D eigenvalue weighted by molar-refractivity contribution is 0.0937. The van der Waals surface area contributed by atoms with Crippen molar-refractivity contribution in [3.63, 3.8) is 0 Å². The largest absolute Gasteiger partial charge is 0.459 e. The highest BCUT2D eigenvalue weighted by atomic mass is 32.1. The fourth-order valence-electron chi connectivity index (χ4n) is 2.87. The number of hydrogen-bond donors (Lipinski definition) is 2. The first-order valence-corrected chi connectivity index (χ1v) is 9.71. The molecule has 0 aliphatic carbocycles. The zero-order valence-electron chi connectivity index (χ0n) is 15.3. The molecule has 0 aliphatic heterocycles. The molecule has 27 heavy (non-hydrogen) atoms. The van der Waals surface area contributed by atoms with Gasteiger partial charge in [-0.2, -0.15) is 0 Å². The van der Waals surface area contributed by atoms with Gasteiger partial charge in [0, 0.05) is 0 Å². The first-order valence-electron chi connectivity index (χ1n) is 8.89. The molecule has 0 aliphatic rings. The zero-order chi connectivity index (χ0) is 19.2. The number of hydrogen-bond acceptors (Lipinski definition) is 4. The lowest BCUT2D eigenvalue weighted by atomic mass is 10.0. The molecule has 0 unspecified atom stereocenters. The normalized spacial score (nSPS) is 11.8. The van der Waals surface area contributed by atoms with Crippen LogP contribution in [0.2, 0.25) is 0 Å². The van der Waals surface area contributed by atoms with E-state index in [-0.39, 0.29) is 23.6 Å². The number of benzene rings is 1. The molecule has 0 fully saturated rings. The molecule has 0 bridgehead atoms. The van der Waals surface area contributed by atoms with Crippen LogP contribution in [0.5, 0.6) is 0 Å².